The normalized spacial score (nSPS) is 9.93. The molecule has 0 fully saturated rings. The summed E-state index contributed by atoms with van der Waals surface area (Å²) in [6.07, 6.45) is 1.64. The maximum absolute atomic E-state index is 5.70. The molecule has 15 heavy (non-hydrogen) atoms. The van der Waals surface area contributed by atoms with Gasteiger partial charge in [0.1, 0.15) is 0 Å². The van der Waals surface area contributed by atoms with Gasteiger partial charge in [0.2, 0.25) is 0 Å². The summed E-state index contributed by atoms with van der Waals surface area (Å²) in [5.41, 5.74) is 2.07. The molecular formula is C11H10ClN3. The van der Waals surface area contributed by atoms with Crippen LogP contribution in [-0.4, -0.2) is 10.2 Å². The van der Waals surface area contributed by atoms with Crippen LogP contribution in [0.4, 0.5) is 11.5 Å². The van der Waals surface area contributed by atoms with Crippen LogP contribution < -0.4 is 5.32 Å². The molecular weight excluding hydrogens is 210 g/mol. The molecule has 0 aliphatic heterocycles. The van der Waals surface area contributed by atoms with Crippen molar-refractivity contribution in [2.24, 2.45) is 0 Å². The lowest BCUT2D eigenvalue weighted by molar-refractivity contribution is 1.04. The molecule has 0 spiro atoms. The van der Waals surface area contributed by atoms with Crippen molar-refractivity contribution in [2.75, 3.05) is 5.32 Å². The van der Waals surface area contributed by atoms with Gasteiger partial charge in [0, 0.05) is 17.8 Å². The molecule has 0 amide bonds. The van der Waals surface area contributed by atoms with Crippen LogP contribution in [0.5, 0.6) is 0 Å². The van der Waals surface area contributed by atoms with E-state index in [0.717, 1.165) is 17.1 Å². The van der Waals surface area contributed by atoms with Crippen LogP contribution in [0.25, 0.3) is 0 Å². The molecule has 3 nitrogen and oxygen atoms in total. The van der Waals surface area contributed by atoms with Gasteiger partial charge in [-0.25, -0.2) is 0 Å². The largest absolute Gasteiger partial charge is 0.339 e. The molecule has 0 bridgehead atoms. The fourth-order valence-corrected chi connectivity index (χ4v) is 1.37. The topological polar surface area (TPSA) is 37.8 Å². The van der Waals surface area contributed by atoms with Gasteiger partial charge >= 0.3 is 0 Å². The van der Waals surface area contributed by atoms with Gasteiger partial charge in [-0.15, -0.1) is 16.7 Å². The fraction of sp³-hybridized carbons (Fsp3) is 0.0909. The third-order valence-corrected chi connectivity index (χ3v) is 2.26. The van der Waals surface area contributed by atoms with Gasteiger partial charge in [-0.3, -0.25) is 0 Å². The standard InChI is InChI=1S/C11H10ClN3/c12-8-9-3-5-10(6-4-9)14-11-2-1-7-13-15-11/h1-7H,8H2,(H,14,15). The highest BCUT2D eigenvalue weighted by Gasteiger charge is 1.95. The van der Waals surface area contributed by atoms with Gasteiger partial charge in [-0.1, -0.05) is 12.1 Å². The number of anilines is 2. The second kappa shape index (κ2) is 4.75. The molecule has 0 radical (unpaired) electrons. The van der Waals surface area contributed by atoms with E-state index < -0.39 is 0 Å². The summed E-state index contributed by atoms with van der Waals surface area (Å²) in [4.78, 5) is 0. The first-order valence-electron chi connectivity index (χ1n) is 4.58. The van der Waals surface area contributed by atoms with E-state index in [-0.39, 0.29) is 0 Å². The molecule has 0 unspecified atom stereocenters. The van der Waals surface area contributed by atoms with E-state index in [1.54, 1.807) is 6.20 Å². The van der Waals surface area contributed by atoms with Crippen molar-refractivity contribution < 1.29 is 0 Å². The van der Waals surface area contributed by atoms with E-state index in [2.05, 4.69) is 15.5 Å². The van der Waals surface area contributed by atoms with Crippen LogP contribution in [0, 0.1) is 0 Å². The van der Waals surface area contributed by atoms with Crippen LogP contribution in [0.2, 0.25) is 0 Å². The summed E-state index contributed by atoms with van der Waals surface area (Å²) in [5, 5.41) is 10.8. The maximum atomic E-state index is 5.70. The van der Waals surface area contributed by atoms with Crippen LogP contribution in [0.15, 0.2) is 42.6 Å². The molecule has 1 aromatic heterocycles. The Hall–Kier alpha value is -1.61. The van der Waals surface area contributed by atoms with E-state index in [1.807, 2.05) is 36.4 Å². The van der Waals surface area contributed by atoms with E-state index in [4.69, 9.17) is 11.6 Å². The van der Waals surface area contributed by atoms with Gasteiger partial charge in [0.25, 0.3) is 0 Å². The number of halogens is 1. The molecule has 0 atom stereocenters. The number of rotatable bonds is 3. The molecule has 1 aromatic carbocycles. The first-order chi connectivity index (χ1) is 7.38. The van der Waals surface area contributed by atoms with Gasteiger partial charge in [-0.2, -0.15) is 5.10 Å². The Labute approximate surface area is 93.1 Å². The number of hydrogen-bond acceptors (Lipinski definition) is 3. The highest BCUT2D eigenvalue weighted by atomic mass is 35.5. The molecule has 1 N–H and O–H groups in total. The van der Waals surface area contributed by atoms with Gasteiger partial charge < -0.3 is 5.32 Å². The highest BCUT2D eigenvalue weighted by Crippen LogP contribution is 2.15. The minimum atomic E-state index is 0.533. The van der Waals surface area contributed by atoms with Gasteiger partial charge in [0.15, 0.2) is 5.82 Å². The average molecular weight is 220 g/mol. The Balaban J connectivity index is 2.11. The minimum absolute atomic E-state index is 0.533. The Morgan fingerprint density at radius 2 is 1.93 bits per heavy atom. The quantitative estimate of drug-likeness (QED) is 0.807. The van der Waals surface area contributed by atoms with E-state index in [9.17, 15) is 0 Å². The third kappa shape index (κ3) is 2.67. The second-order valence-electron chi connectivity index (χ2n) is 3.06. The zero-order valence-electron chi connectivity index (χ0n) is 8.02. The number of benzene rings is 1. The molecule has 2 aromatic rings. The lowest BCUT2D eigenvalue weighted by atomic mass is 10.2. The van der Waals surface area contributed by atoms with Gasteiger partial charge in [0.05, 0.1) is 0 Å². The summed E-state index contributed by atoms with van der Waals surface area (Å²) >= 11 is 5.70. The first-order valence-corrected chi connectivity index (χ1v) is 5.11. The molecule has 0 aliphatic carbocycles. The SMILES string of the molecule is ClCc1ccc(Nc2cccnn2)cc1. The third-order valence-electron chi connectivity index (χ3n) is 1.95. The van der Waals surface area contributed by atoms with E-state index in [1.165, 1.54) is 0 Å². The van der Waals surface area contributed by atoms with Crippen molar-refractivity contribution in [3.63, 3.8) is 0 Å². The Bertz CT molecular complexity index is 414. The second-order valence-corrected chi connectivity index (χ2v) is 3.33. The van der Waals surface area contributed by atoms with Crippen LogP contribution >= 0.6 is 11.6 Å². The fourth-order valence-electron chi connectivity index (χ4n) is 1.19. The van der Waals surface area contributed by atoms with Crippen molar-refractivity contribution in [2.45, 2.75) is 5.88 Å². The Morgan fingerprint density at radius 3 is 2.53 bits per heavy atom. The lowest BCUT2D eigenvalue weighted by Crippen LogP contribution is -1.94. The van der Waals surface area contributed by atoms with Crippen molar-refractivity contribution in [1.82, 2.24) is 10.2 Å². The zero-order chi connectivity index (χ0) is 10.5. The monoisotopic (exact) mass is 219 g/mol. The molecule has 2 rings (SSSR count). The number of alkyl halides is 1. The van der Waals surface area contributed by atoms with E-state index in [0.29, 0.717) is 5.88 Å². The summed E-state index contributed by atoms with van der Waals surface area (Å²) in [6, 6.07) is 11.6. The minimum Gasteiger partial charge on any atom is -0.339 e. The van der Waals surface area contributed by atoms with Crippen LogP contribution in [-0.2, 0) is 5.88 Å². The number of aromatic nitrogens is 2. The van der Waals surface area contributed by atoms with Crippen molar-refractivity contribution in [3.05, 3.63) is 48.2 Å². The molecule has 0 aliphatic rings. The summed E-state index contributed by atoms with van der Waals surface area (Å²) < 4.78 is 0. The van der Waals surface area contributed by atoms with Crippen LogP contribution in [0.3, 0.4) is 0 Å². The molecule has 0 saturated carbocycles. The number of nitrogens with one attached hydrogen (secondary N) is 1. The molecule has 1 heterocycles. The summed E-state index contributed by atoms with van der Waals surface area (Å²) in [6.45, 7) is 0. The van der Waals surface area contributed by atoms with Crippen molar-refractivity contribution in [1.29, 1.82) is 0 Å². The number of hydrogen-bond donors (Lipinski definition) is 1. The summed E-state index contributed by atoms with van der Waals surface area (Å²) in [7, 11) is 0. The molecule has 0 saturated heterocycles. The Morgan fingerprint density at radius 1 is 1.13 bits per heavy atom. The zero-order valence-corrected chi connectivity index (χ0v) is 8.78. The number of nitrogens with zero attached hydrogens (tertiary/aromatic N) is 2. The van der Waals surface area contributed by atoms with Gasteiger partial charge in [-0.05, 0) is 29.8 Å². The average Bonchev–Trinajstić information content (AvgIpc) is 2.31. The van der Waals surface area contributed by atoms with Crippen molar-refractivity contribution in [3.8, 4) is 0 Å². The predicted molar refractivity (Wildman–Crippen MR) is 61.3 cm³/mol. The van der Waals surface area contributed by atoms with Crippen molar-refractivity contribution >= 4 is 23.1 Å². The predicted octanol–water partition coefficient (Wildman–Crippen LogP) is 2.96. The van der Waals surface area contributed by atoms with Crippen LogP contribution in [0.1, 0.15) is 5.56 Å². The summed E-state index contributed by atoms with van der Waals surface area (Å²) in [5.74, 6) is 1.27. The maximum Gasteiger partial charge on any atom is 0.153 e. The Kier molecular flexibility index (Phi) is 3.15. The first kappa shape index (κ1) is 9.93. The lowest BCUT2D eigenvalue weighted by Gasteiger charge is -2.04. The molecule has 76 valence electrons. The molecule has 4 heteroatoms. The highest BCUT2D eigenvalue weighted by molar-refractivity contribution is 6.17. The van der Waals surface area contributed by atoms with E-state index >= 15 is 0 Å². The smallest absolute Gasteiger partial charge is 0.153 e.